The largest absolute Gasteiger partial charge is 0.486 e. The van der Waals surface area contributed by atoms with Gasteiger partial charge in [-0.15, -0.1) is 0 Å². The Morgan fingerprint density at radius 1 is 1.09 bits per heavy atom. The Kier molecular flexibility index (Phi) is 3.96. The van der Waals surface area contributed by atoms with Crippen molar-refractivity contribution in [3.63, 3.8) is 0 Å². The third-order valence-electron chi connectivity index (χ3n) is 3.22. The van der Waals surface area contributed by atoms with Gasteiger partial charge in [0.25, 0.3) is 0 Å². The second-order valence-electron chi connectivity index (χ2n) is 4.74. The highest BCUT2D eigenvalue weighted by atomic mass is 19.1. The van der Waals surface area contributed by atoms with Crippen LogP contribution in [0.2, 0.25) is 0 Å². The van der Waals surface area contributed by atoms with Crippen LogP contribution in [-0.2, 0) is 6.61 Å². The SMILES string of the molecule is Nc1ncncc1-c1ccc(OCc2ccccc2)c(F)c1. The summed E-state index contributed by atoms with van der Waals surface area (Å²) in [5.41, 5.74) is 7.96. The minimum atomic E-state index is -0.448. The van der Waals surface area contributed by atoms with E-state index in [4.69, 9.17) is 10.5 Å². The quantitative estimate of drug-likeness (QED) is 0.801. The molecule has 3 aromatic rings. The highest BCUT2D eigenvalue weighted by Crippen LogP contribution is 2.28. The van der Waals surface area contributed by atoms with Crippen LogP contribution in [0.5, 0.6) is 5.75 Å². The molecule has 0 bridgehead atoms. The molecular formula is C17H14FN3O. The third-order valence-corrected chi connectivity index (χ3v) is 3.22. The fraction of sp³-hybridized carbons (Fsp3) is 0.0588. The van der Waals surface area contributed by atoms with Crippen LogP contribution >= 0.6 is 0 Å². The van der Waals surface area contributed by atoms with Crippen molar-refractivity contribution >= 4 is 5.82 Å². The van der Waals surface area contributed by atoms with Crippen molar-refractivity contribution in [3.05, 3.63) is 72.4 Å². The predicted molar refractivity (Wildman–Crippen MR) is 82.6 cm³/mol. The number of aromatic nitrogens is 2. The minimum Gasteiger partial charge on any atom is -0.486 e. The van der Waals surface area contributed by atoms with Gasteiger partial charge in [0.15, 0.2) is 11.6 Å². The van der Waals surface area contributed by atoms with Gasteiger partial charge >= 0.3 is 0 Å². The molecule has 0 aliphatic carbocycles. The Hall–Kier alpha value is -2.95. The maximum Gasteiger partial charge on any atom is 0.165 e. The van der Waals surface area contributed by atoms with Gasteiger partial charge in [-0.3, -0.25) is 0 Å². The second kappa shape index (κ2) is 6.22. The first kappa shape index (κ1) is 14.0. The summed E-state index contributed by atoms with van der Waals surface area (Å²) in [4.78, 5) is 7.80. The normalized spacial score (nSPS) is 10.4. The van der Waals surface area contributed by atoms with Crippen LogP contribution in [0, 0.1) is 5.82 Å². The van der Waals surface area contributed by atoms with Gasteiger partial charge < -0.3 is 10.5 Å². The highest BCUT2D eigenvalue weighted by Gasteiger charge is 2.09. The number of anilines is 1. The summed E-state index contributed by atoms with van der Waals surface area (Å²) in [6, 6.07) is 14.3. The zero-order valence-corrected chi connectivity index (χ0v) is 11.7. The molecule has 4 nitrogen and oxygen atoms in total. The zero-order valence-electron chi connectivity index (χ0n) is 11.7. The van der Waals surface area contributed by atoms with E-state index < -0.39 is 5.82 Å². The summed E-state index contributed by atoms with van der Waals surface area (Å²) < 4.78 is 19.7. The van der Waals surface area contributed by atoms with E-state index in [-0.39, 0.29) is 5.75 Å². The van der Waals surface area contributed by atoms with Crippen molar-refractivity contribution in [2.45, 2.75) is 6.61 Å². The van der Waals surface area contributed by atoms with Gasteiger partial charge in [0.2, 0.25) is 0 Å². The molecular weight excluding hydrogens is 281 g/mol. The molecule has 1 aromatic heterocycles. The molecule has 0 amide bonds. The molecule has 5 heteroatoms. The molecule has 2 N–H and O–H groups in total. The molecule has 2 aromatic carbocycles. The molecule has 0 unspecified atom stereocenters. The summed E-state index contributed by atoms with van der Waals surface area (Å²) in [6.45, 7) is 0.313. The Morgan fingerprint density at radius 3 is 2.64 bits per heavy atom. The summed E-state index contributed by atoms with van der Waals surface area (Å²) in [5, 5.41) is 0. The lowest BCUT2D eigenvalue weighted by Gasteiger charge is -2.09. The van der Waals surface area contributed by atoms with Crippen molar-refractivity contribution < 1.29 is 9.13 Å². The van der Waals surface area contributed by atoms with Gasteiger partial charge in [-0.25, -0.2) is 14.4 Å². The number of nitrogens with two attached hydrogens (primary N) is 1. The fourth-order valence-corrected chi connectivity index (χ4v) is 2.08. The van der Waals surface area contributed by atoms with Crippen LogP contribution in [0.1, 0.15) is 5.56 Å². The lowest BCUT2D eigenvalue weighted by molar-refractivity contribution is 0.290. The van der Waals surface area contributed by atoms with Crippen LogP contribution in [-0.4, -0.2) is 9.97 Å². The average Bonchev–Trinajstić information content (AvgIpc) is 2.55. The van der Waals surface area contributed by atoms with Gasteiger partial charge in [0.05, 0.1) is 0 Å². The number of nitrogen functional groups attached to an aromatic ring is 1. The first-order valence-electron chi connectivity index (χ1n) is 6.76. The third kappa shape index (κ3) is 3.03. The van der Waals surface area contributed by atoms with Crippen molar-refractivity contribution in [2.75, 3.05) is 5.73 Å². The minimum absolute atomic E-state index is 0.197. The fourth-order valence-electron chi connectivity index (χ4n) is 2.08. The van der Waals surface area contributed by atoms with Crippen LogP contribution in [0.15, 0.2) is 61.1 Å². The van der Waals surface area contributed by atoms with Crippen LogP contribution < -0.4 is 10.5 Å². The van der Waals surface area contributed by atoms with E-state index >= 15 is 0 Å². The summed E-state index contributed by atoms with van der Waals surface area (Å²) in [5.74, 6) is 0.0621. The smallest absolute Gasteiger partial charge is 0.165 e. The molecule has 0 aliphatic heterocycles. The Morgan fingerprint density at radius 2 is 1.91 bits per heavy atom. The molecule has 0 aliphatic rings. The van der Waals surface area contributed by atoms with Gasteiger partial charge in [-0.2, -0.15) is 0 Å². The number of hydrogen-bond acceptors (Lipinski definition) is 4. The standard InChI is InChI=1S/C17H14FN3O/c18-15-8-13(14-9-20-11-21-17(14)19)6-7-16(15)22-10-12-4-2-1-3-5-12/h1-9,11H,10H2,(H2,19,20,21). The number of hydrogen-bond donors (Lipinski definition) is 1. The first-order valence-corrected chi connectivity index (χ1v) is 6.76. The van der Waals surface area contributed by atoms with Crippen LogP contribution in [0.25, 0.3) is 11.1 Å². The van der Waals surface area contributed by atoms with E-state index in [1.807, 2.05) is 30.3 Å². The summed E-state index contributed by atoms with van der Waals surface area (Å²) >= 11 is 0. The highest BCUT2D eigenvalue weighted by molar-refractivity contribution is 5.73. The van der Waals surface area contributed by atoms with E-state index in [1.165, 1.54) is 12.4 Å². The number of rotatable bonds is 4. The van der Waals surface area contributed by atoms with Gasteiger partial charge in [-0.1, -0.05) is 36.4 Å². The molecule has 0 spiro atoms. The van der Waals surface area contributed by atoms with E-state index in [9.17, 15) is 4.39 Å². The van der Waals surface area contributed by atoms with Gasteiger partial charge in [-0.05, 0) is 23.3 Å². The molecule has 0 saturated carbocycles. The monoisotopic (exact) mass is 295 g/mol. The molecule has 110 valence electrons. The maximum atomic E-state index is 14.2. The van der Waals surface area contributed by atoms with Crippen molar-refractivity contribution in [1.82, 2.24) is 9.97 Å². The topological polar surface area (TPSA) is 61.0 Å². The van der Waals surface area contributed by atoms with Crippen LogP contribution in [0.3, 0.4) is 0 Å². The predicted octanol–water partition coefficient (Wildman–Crippen LogP) is 3.44. The molecule has 22 heavy (non-hydrogen) atoms. The Labute approximate surface area is 127 Å². The van der Waals surface area contributed by atoms with Gasteiger partial charge in [0.1, 0.15) is 18.8 Å². The summed E-state index contributed by atoms with van der Waals surface area (Å²) in [7, 11) is 0. The van der Waals surface area contributed by atoms with Crippen molar-refractivity contribution in [1.29, 1.82) is 0 Å². The zero-order chi connectivity index (χ0) is 15.4. The van der Waals surface area contributed by atoms with Crippen molar-refractivity contribution in [3.8, 4) is 16.9 Å². The Bertz CT molecular complexity index is 778. The molecule has 0 atom stereocenters. The number of nitrogens with zero attached hydrogens (tertiary/aromatic N) is 2. The first-order chi connectivity index (χ1) is 10.7. The Balaban J connectivity index is 1.79. The lowest BCUT2D eigenvalue weighted by atomic mass is 10.1. The number of ether oxygens (including phenoxy) is 1. The van der Waals surface area contributed by atoms with E-state index in [1.54, 1.807) is 18.3 Å². The van der Waals surface area contributed by atoms with Crippen LogP contribution in [0.4, 0.5) is 10.2 Å². The van der Waals surface area contributed by atoms with E-state index in [2.05, 4.69) is 9.97 Å². The molecule has 0 saturated heterocycles. The average molecular weight is 295 g/mol. The summed E-state index contributed by atoms with van der Waals surface area (Å²) in [6.07, 6.45) is 2.91. The maximum absolute atomic E-state index is 14.2. The molecule has 0 fully saturated rings. The second-order valence-corrected chi connectivity index (χ2v) is 4.74. The molecule has 3 rings (SSSR count). The van der Waals surface area contributed by atoms with E-state index in [0.717, 1.165) is 5.56 Å². The lowest BCUT2D eigenvalue weighted by Crippen LogP contribution is -1.98. The van der Waals surface area contributed by atoms with E-state index in [0.29, 0.717) is 23.6 Å². The van der Waals surface area contributed by atoms with Gasteiger partial charge in [0, 0.05) is 11.8 Å². The molecule has 0 radical (unpaired) electrons. The molecule has 1 heterocycles. The number of benzene rings is 2. The van der Waals surface area contributed by atoms with Crippen molar-refractivity contribution in [2.24, 2.45) is 0 Å². The number of halogens is 1.